The van der Waals surface area contributed by atoms with Crippen molar-refractivity contribution >= 4 is 15.9 Å². The first-order valence-corrected chi connectivity index (χ1v) is 7.36. The molecule has 1 nitrogen and oxygen atoms in total. The minimum absolute atomic E-state index is 0.138. The highest BCUT2D eigenvalue weighted by molar-refractivity contribution is 9.10. The molecule has 1 atom stereocenters. The molecular weight excluding hydrogens is 293 g/mol. The standard InChI is InChI=1S/C15H21BrFN/c1-14(2)7-3-4-8-15(14,18)10-11-5-6-12(17)9-13(11)16/h5-6,9H,3-4,7-8,10,18H2,1-2H3. The zero-order valence-corrected chi connectivity index (χ0v) is 12.7. The van der Waals surface area contributed by atoms with Crippen molar-refractivity contribution in [1.82, 2.24) is 0 Å². The van der Waals surface area contributed by atoms with Crippen LogP contribution in [0.1, 0.15) is 45.1 Å². The topological polar surface area (TPSA) is 26.0 Å². The van der Waals surface area contributed by atoms with Crippen molar-refractivity contribution in [2.75, 3.05) is 0 Å². The highest BCUT2D eigenvalue weighted by atomic mass is 79.9. The minimum atomic E-state index is -0.209. The quantitative estimate of drug-likeness (QED) is 0.859. The molecule has 0 heterocycles. The summed E-state index contributed by atoms with van der Waals surface area (Å²) in [5.74, 6) is -0.209. The van der Waals surface area contributed by atoms with Crippen LogP contribution < -0.4 is 5.73 Å². The molecule has 3 heteroatoms. The largest absolute Gasteiger partial charge is 0.324 e. The predicted octanol–water partition coefficient (Wildman–Crippen LogP) is 4.43. The number of hydrogen-bond acceptors (Lipinski definition) is 1. The van der Waals surface area contributed by atoms with E-state index in [2.05, 4.69) is 29.8 Å². The monoisotopic (exact) mass is 313 g/mol. The van der Waals surface area contributed by atoms with E-state index in [1.165, 1.54) is 31.4 Å². The van der Waals surface area contributed by atoms with E-state index in [1.807, 2.05) is 6.07 Å². The van der Waals surface area contributed by atoms with E-state index < -0.39 is 0 Å². The summed E-state index contributed by atoms with van der Waals surface area (Å²) >= 11 is 3.44. The normalized spacial score (nSPS) is 27.2. The second kappa shape index (κ2) is 4.93. The molecule has 18 heavy (non-hydrogen) atoms. The van der Waals surface area contributed by atoms with E-state index in [0.29, 0.717) is 0 Å². The Morgan fingerprint density at radius 3 is 2.56 bits per heavy atom. The van der Waals surface area contributed by atoms with Crippen molar-refractivity contribution in [1.29, 1.82) is 0 Å². The molecular formula is C15H21BrFN. The van der Waals surface area contributed by atoms with Crippen LogP contribution in [0, 0.1) is 11.2 Å². The minimum Gasteiger partial charge on any atom is -0.324 e. The SMILES string of the molecule is CC1(C)CCCCC1(N)Cc1ccc(F)cc1Br. The Kier molecular flexibility index (Phi) is 3.84. The van der Waals surface area contributed by atoms with E-state index in [4.69, 9.17) is 5.73 Å². The summed E-state index contributed by atoms with van der Waals surface area (Å²) in [6.45, 7) is 4.51. The summed E-state index contributed by atoms with van der Waals surface area (Å²) < 4.78 is 13.9. The molecule has 0 saturated heterocycles. The fourth-order valence-corrected chi connectivity index (χ4v) is 3.42. The molecule has 0 aliphatic heterocycles. The maximum Gasteiger partial charge on any atom is 0.124 e. The Morgan fingerprint density at radius 2 is 1.94 bits per heavy atom. The molecule has 1 saturated carbocycles. The second-order valence-electron chi connectivity index (χ2n) is 6.16. The zero-order chi connectivity index (χ0) is 13.4. The van der Waals surface area contributed by atoms with Crippen LogP contribution in [0.4, 0.5) is 4.39 Å². The Balaban J connectivity index is 2.26. The molecule has 1 aromatic rings. The van der Waals surface area contributed by atoms with Gasteiger partial charge in [0.25, 0.3) is 0 Å². The molecule has 1 unspecified atom stereocenters. The molecule has 0 spiro atoms. The van der Waals surface area contributed by atoms with Crippen LogP contribution in [0.3, 0.4) is 0 Å². The van der Waals surface area contributed by atoms with Gasteiger partial charge in [-0.05, 0) is 42.4 Å². The Bertz CT molecular complexity index is 444. The molecule has 0 aromatic heterocycles. The first-order chi connectivity index (χ1) is 8.34. The van der Waals surface area contributed by atoms with Gasteiger partial charge in [-0.2, -0.15) is 0 Å². The average molecular weight is 314 g/mol. The van der Waals surface area contributed by atoms with E-state index in [-0.39, 0.29) is 16.8 Å². The number of benzene rings is 1. The van der Waals surface area contributed by atoms with E-state index in [0.717, 1.165) is 22.9 Å². The number of rotatable bonds is 2. The Hall–Kier alpha value is -0.410. The van der Waals surface area contributed by atoms with Gasteiger partial charge in [-0.1, -0.05) is 48.7 Å². The Labute approximate surface area is 117 Å². The van der Waals surface area contributed by atoms with E-state index in [1.54, 1.807) is 0 Å². The Morgan fingerprint density at radius 1 is 1.28 bits per heavy atom. The molecule has 0 radical (unpaired) electrons. The van der Waals surface area contributed by atoms with Gasteiger partial charge in [0.05, 0.1) is 0 Å². The molecule has 1 aromatic carbocycles. The van der Waals surface area contributed by atoms with Crippen LogP contribution in [0.2, 0.25) is 0 Å². The van der Waals surface area contributed by atoms with Crippen LogP contribution in [-0.2, 0) is 6.42 Å². The number of halogens is 2. The third-order valence-electron chi connectivity index (χ3n) is 4.54. The van der Waals surface area contributed by atoms with Gasteiger partial charge in [-0.25, -0.2) is 4.39 Å². The van der Waals surface area contributed by atoms with Crippen LogP contribution in [-0.4, -0.2) is 5.54 Å². The molecule has 2 rings (SSSR count). The van der Waals surface area contributed by atoms with Gasteiger partial charge in [0.1, 0.15) is 5.82 Å². The second-order valence-corrected chi connectivity index (χ2v) is 7.01. The summed E-state index contributed by atoms with van der Waals surface area (Å²) in [4.78, 5) is 0. The molecule has 2 N–H and O–H groups in total. The lowest BCUT2D eigenvalue weighted by molar-refractivity contribution is 0.0989. The van der Waals surface area contributed by atoms with Crippen LogP contribution in [0.25, 0.3) is 0 Å². The summed E-state index contributed by atoms with van der Waals surface area (Å²) in [6, 6.07) is 4.88. The summed E-state index contributed by atoms with van der Waals surface area (Å²) in [5, 5.41) is 0. The lowest BCUT2D eigenvalue weighted by Crippen LogP contribution is -2.56. The lowest BCUT2D eigenvalue weighted by atomic mass is 9.61. The summed E-state index contributed by atoms with van der Waals surface area (Å²) in [7, 11) is 0. The summed E-state index contributed by atoms with van der Waals surface area (Å²) in [6.07, 6.45) is 5.47. The third kappa shape index (κ3) is 2.62. The third-order valence-corrected chi connectivity index (χ3v) is 5.28. The highest BCUT2D eigenvalue weighted by Gasteiger charge is 2.43. The van der Waals surface area contributed by atoms with Crippen LogP contribution in [0.15, 0.2) is 22.7 Å². The first-order valence-electron chi connectivity index (χ1n) is 6.57. The molecule has 1 fully saturated rings. The first kappa shape index (κ1) is 14.0. The molecule has 100 valence electrons. The van der Waals surface area contributed by atoms with Gasteiger partial charge in [-0.15, -0.1) is 0 Å². The molecule has 0 bridgehead atoms. The fourth-order valence-electron chi connectivity index (χ4n) is 2.93. The van der Waals surface area contributed by atoms with Gasteiger partial charge in [0.15, 0.2) is 0 Å². The molecule has 0 amide bonds. The van der Waals surface area contributed by atoms with Crippen molar-refractivity contribution in [2.45, 2.75) is 51.5 Å². The van der Waals surface area contributed by atoms with Crippen molar-refractivity contribution in [2.24, 2.45) is 11.1 Å². The van der Waals surface area contributed by atoms with Crippen LogP contribution >= 0.6 is 15.9 Å². The number of nitrogens with two attached hydrogens (primary N) is 1. The van der Waals surface area contributed by atoms with Gasteiger partial charge < -0.3 is 5.73 Å². The zero-order valence-electron chi connectivity index (χ0n) is 11.1. The van der Waals surface area contributed by atoms with E-state index >= 15 is 0 Å². The molecule has 1 aliphatic carbocycles. The maximum absolute atomic E-state index is 13.1. The van der Waals surface area contributed by atoms with Gasteiger partial charge >= 0.3 is 0 Å². The van der Waals surface area contributed by atoms with Crippen molar-refractivity contribution in [3.63, 3.8) is 0 Å². The van der Waals surface area contributed by atoms with Gasteiger partial charge in [-0.3, -0.25) is 0 Å². The van der Waals surface area contributed by atoms with Gasteiger partial charge in [0.2, 0.25) is 0 Å². The van der Waals surface area contributed by atoms with Crippen LogP contribution in [0.5, 0.6) is 0 Å². The molecule has 1 aliphatic rings. The van der Waals surface area contributed by atoms with Gasteiger partial charge in [0, 0.05) is 10.0 Å². The lowest BCUT2D eigenvalue weighted by Gasteiger charge is -2.48. The van der Waals surface area contributed by atoms with Crippen molar-refractivity contribution in [3.05, 3.63) is 34.1 Å². The average Bonchev–Trinajstić information content (AvgIpc) is 2.27. The maximum atomic E-state index is 13.1. The van der Waals surface area contributed by atoms with E-state index in [9.17, 15) is 4.39 Å². The number of hydrogen-bond donors (Lipinski definition) is 1. The fraction of sp³-hybridized carbons (Fsp3) is 0.600. The van der Waals surface area contributed by atoms with Crippen molar-refractivity contribution < 1.29 is 4.39 Å². The summed E-state index contributed by atoms with van der Waals surface area (Å²) in [5.41, 5.74) is 7.72. The highest BCUT2D eigenvalue weighted by Crippen LogP contribution is 2.44. The van der Waals surface area contributed by atoms with Crippen molar-refractivity contribution in [3.8, 4) is 0 Å². The predicted molar refractivity (Wildman–Crippen MR) is 77.0 cm³/mol. The smallest absolute Gasteiger partial charge is 0.124 e.